The summed E-state index contributed by atoms with van der Waals surface area (Å²) >= 11 is 0. The molecule has 0 aromatic rings. The number of carbonyl (C=O) groups excluding carboxylic acids is 3. The van der Waals surface area contributed by atoms with E-state index < -0.39 is 67.3 Å². The van der Waals surface area contributed by atoms with E-state index in [1.807, 2.05) is 12.2 Å². The van der Waals surface area contributed by atoms with Crippen molar-refractivity contribution in [3.8, 4) is 0 Å². The highest BCUT2D eigenvalue weighted by Crippen LogP contribution is 2.26. The molecule has 0 bridgehead atoms. The van der Waals surface area contributed by atoms with E-state index in [0.717, 1.165) is 167 Å². The number of hydrogen-bond donors (Lipinski definition) is 3. The van der Waals surface area contributed by atoms with Crippen LogP contribution in [-0.2, 0) is 42.9 Å². The third-order valence-corrected chi connectivity index (χ3v) is 13.4. The van der Waals surface area contributed by atoms with E-state index in [2.05, 4.69) is 154 Å². The van der Waals surface area contributed by atoms with Gasteiger partial charge < -0.3 is 39.0 Å². The zero-order chi connectivity index (χ0) is 60.3. The Labute approximate surface area is 502 Å². The summed E-state index contributed by atoms with van der Waals surface area (Å²) in [7, 11) is 0. The van der Waals surface area contributed by atoms with Crippen molar-refractivity contribution in [1.82, 2.24) is 0 Å². The van der Waals surface area contributed by atoms with Gasteiger partial charge in [-0.25, -0.2) is 4.79 Å². The van der Waals surface area contributed by atoms with Crippen LogP contribution in [0.4, 0.5) is 0 Å². The van der Waals surface area contributed by atoms with Gasteiger partial charge in [0.2, 0.25) is 0 Å². The Kier molecular flexibility index (Phi) is 52.0. The Morgan fingerprint density at radius 2 is 0.747 bits per heavy atom. The standard InChI is InChI=1S/C71H110O12/c1-4-7-10-13-16-19-22-25-28-31-32-35-36-39-42-45-48-51-54-57-63(72)79-60-62(81-64(73)58-55-52-49-46-43-40-37-33-29-26-23-20-17-14-11-8-5-2)61-80-71-69(67(76)66(75)68(83-71)70(77)78)82-65(74)59-56-53-50-47-44-41-38-34-30-27-24-21-18-15-12-9-6-3/h7-12,16-21,25-30,32,35,39,42,48,51,62,66-69,71,75-76H,4-6,13-15,22-24,31,33-34,36-38,40-41,43-47,49-50,52-61H2,1-3H3,(H,77,78)/b10-7-,11-8-,12-9-,19-16-,20-17-,21-18-,28-25-,29-26-,30-27-,35-32-,42-39-,51-48-. The molecule has 1 aliphatic heterocycles. The van der Waals surface area contributed by atoms with Crippen molar-refractivity contribution < 1.29 is 58.2 Å². The van der Waals surface area contributed by atoms with E-state index in [1.165, 1.54) is 0 Å². The quantitative estimate of drug-likeness (QED) is 0.0228. The second-order valence-corrected chi connectivity index (χ2v) is 20.9. The molecule has 3 N–H and O–H groups in total. The fourth-order valence-corrected chi connectivity index (χ4v) is 8.66. The largest absolute Gasteiger partial charge is 0.479 e. The second-order valence-electron chi connectivity index (χ2n) is 20.9. The maximum Gasteiger partial charge on any atom is 0.335 e. The van der Waals surface area contributed by atoms with Crippen LogP contribution >= 0.6 is 0 Å². The average Bonchev–Trinajstić information content (AvgIpc) is 3.59. The number of aliphatic hydroxyl groups is 2. The molecule has 6 unspecified atom stereocenters. The molecule has 0 spiro atoms. The fourth-order valence-electron chi connectivity index (χ4n) is 8.66. The third-order valence-electron chi connectivity index (χ3n) is 13.4. The van der Waals surface area contributed by atoms with Crippen LogP contribution in [0.5, 0.6) is 0 Å². The zero-order valence-corrected chi connectivity index (χ0v) is 51.4. The van der Waals surface area contributed by atoms with Gasteiger partial charge in [0.05, 0.1) is 6.61 Å². The van der Waals surface area contributed by atoms with E-state index in [-0.39, 0.29) is 25.9 Å². The first-order valence-electron chi connectivity index (χ1n) is 31.8. The monoisotopic (exact) mass is 1150 g/mol. The van der Waals surface area contributed by atoms with Crippen LogP contribution in [0.1, 0.15) is 226 Å². The van der Waals surface area contributed by atoms with Gasteiger partial charge in [-0.1, -0.05) is 231 Å². The first-order chi connectivity index (χ1) is 40.6. The summed E-state index contributed by atoms with van der Waals surface area (Å²) in [6, 6.07) is 0. The molecule has 1 heterocycles. The van der Waals surface area contributed by atoms with Gasteiger partial charge in [-0.3, -0.25) is 14.4 Å². The normalized spacial score (nSPS) is 18.6. The lowest BCUT2D eigenvalue weighted by atomic mass is 9.98. The number of esters is 3. The summed E-state index contributed by atoms with van der Waals surface area (Å²) in [6.45, 7) is 5.58. The molecule has 83 heavy (non-hydrogen) atoms. The smallest absolute Gasteiger partial charge is 0.335 e. The first kappa shape index (κ1) is 75.6. The van der Waals surface area contributed by atoms with Gasteiger partial charge in [0.15, 0.2) is 24.6 Å². The molecular weight excluding hydrogens is 1040 g/mol. The third kappa shape index (κ3) is 46.6. The van der Waals surface area contributed by atoms with Gasteiger partial charge in [-0.15, -0.1) is 0 Å². The summed E-state index contributed by atoms with van der Waals surface area (Å²) in [5, 5.41) is 31.6. The van der Waals surface area contributed by atoms with Crippen molar-refractivity contribution >= 4 is 23.9 Å². The molecule has 1 saturated heterocycles. The highest BCUT2D eigenvalue weighted by molar-refractivity contribution is 5.74. The number of rotatable bonds is 52. The summed E-state index contributed by atoms with van der Waals surface area (Å²) < 4.78 is 28.4. The Morgan fingerprint density at radius 3 is 1.14 bits per heavy atom. The van der Waals surface area contributed by atoms with Crippen molar-refractivity contribution in [3.63, 3.8) is 0 Å². The summed E-state index contributed by atoms with van der Waals surface area (Å²) in [6.07, 6.45) is 69.6. The van der Waals surface area contributed by atoms with Crippen LogP contribution in [0, 0.1) is 0 Å². The van der Waals surface area contributed by atoms with Crippen molar-refractivity contribution in [1.29, 1.82) is 0 Å². The minimum Gasteiger partial charge on any atom is -0.479 e. The second kappa shape index (κ2) is 57.1. The Hall–Kier alpha value is -5.40. The van der Waals surface area contributed by atoms with Crippen LogP contribution in [0.2, 0.25) is 0 Å². The lowest BCUT2D eigenvalue weighted by Gasteiger charge is -2.40. The molecule has 12 heteroatoms. The van der Waals surface area contributed by atoms with Crippen molar-refractivity contribution in [2.45, 2.75) is 263 Å². The molecule has 1 aliphatic rings. The number of carbonyl (C=O) groups is 4. The lowest BCUT2D eigenvalue weighted by molar-refractivity contribution is -0.301. The van der Waals surface area contributed by atoms with Crippen LogP contribution in [0.3, 0.4) is 0 Å². The summed E-state index contributed by atoms with van der Waals surface area (Å²) in [5.74, 6) is -3.28. The van der Waals surface area contributed by atoms with Crippen LogP contribution in [0.25, 0.3) is 0 Å². The van der Waals surface area contributed by atoms with Crippen molar-refractivity contribution in [2.75, 3.05) is 13.2 Å². The molecule has 1 rings (SSSR count). The van der Waals surface area contributed by atoms with E-state index in [9.17, 15) is 34.5 Å². The zero-order valence-electron chi connectivity index (χ0n) is 51.4. The molecule has 0 radical (unpaired) electrons. The Bertz CT molecular complexity index is 2000. The van der Waals surface area contributed by atoms with E-state index in [4.69, 9.17) is 23.7 Å². The average molecular weight is 1160 g/mol. The van der Waals surface area contributed by atoms with Crippen LogP contribution in [0.15, 0.2) is 146 Å². The number of ether oxygens (including phenoxy) is 5. The van der Waals surface area contributed by atoms with E-state index in [1.54, 1.807) is 0 Å². The highest BCUT2D eigenvalue weighted by Gasteiger charge is 2.50. The van der Waals surface area contributed by atoms with Crippen LogP contribution < -0.4 is 0 Å². The SMILES string of the molecule is CC/C=C\C/C=C\C/C=C\C/C=C\C/C=C\C/C=C\CCC(=O)OCC(COC1OC(C(=O)O)C(O)C(O)C1OC(=O)CCCCCCCCC/C=C\C/C=C\C/C=C\CC)OC(=O)CCCCCCCCC/C=C\C/C=C\C/C=C\CC. The van der Waals surface area contributed by atoms with Gasteiger partial charge in [0.1, 0.15) is 18.8 Å². The number of unbranched alkanes of at least 4 members (excludes halogenated alkanes) is 14. The Balaban J connectivity index is 2.74. The highest BCUT2D eigenvalue weighted by atomic mass is 16.7. The molecule has 12 nitrogen and oxygen atoms in total. The van der Waals surface area contributed by atoms with E-state index >= 15 is 0 Å². The number of carboxylic acid groups (broad SMARTS) is 1. The van der Waals surface area contributed by atoms with Gasteiger partial charge in [0, 0.05) is 19.3 Å². The summed E-state index contributed by atoms with van der Waals surface area (Å²) in [5.41, 5.74) is 0. The van der Waals surface area contributed by atoms with Gasteiger partial charge in [0.25, 0.3) is 0 Å². The topological polar surface area (TPSA) is 175 Å². The minimum atomic E-state index is -1.93. The molecule has 0 amide bonds. The number of aliphatic carboxylic acids is 1. The van der Waals surface area contributed by atoms with E-state index in [0.29, 0.717) is 19.3 Å². The van der Waals surface area contributed by atoms with Crippen molar-refractivity contribution in [3.05, 3.63) is 146 Å². The molecule has 0 saturated carbocycles. The maximum absolute atomic E-state index is 13.2. The minimum absolute atomic E-state index is 0.0328. The Morgan fingerprint density at radius 1 is 0.398 bits per heavy atom. The molecule has 6 atom stereocenters. The number of hydrogen-bond acceptors (Lipinski definition) is 11. The summed E-state index contributed by atoms with van der Waals surface area (Å²) in [4.78, 5) is 51.3. The number of allylic oxidation sites excluding steroid dienone is 24. The molecule has 0 aromatic carbocycles. The predicted octanol–water partition coefficient (Wildman–Crippen LogP) is 17.1. The van der Waals surface area contributed by atoms with Gasteiger partial charge in [-0.05, 0) is 122 Å². The maximum atomic E-state index is 13.2. The molecule has 0 aliphatic carbocycles. The number of aliphatic hydroxyl groups excluding tert-OH is 2. The fraction of sp³-hybridized carbons (Fsp3) is 0.606. The predicted molar refractivity (Wildman–Crippen MR) is 339 cm³/mol. The molecule has 1 fully saturated rings. The molecular formula is C71H110O12. The van der Waals surface area contributed by atoms with Crippen molar-refractivity contribution in [2.24, 2.45) is 0 Å². The number of carboxylic acids is 1. The van der Waals surface area contributed by atoms with Crippen LogP contribution in [-0.4, -0.2) is 89.2 Å². The van der Waals surface area contributed by atoms with Gasteiger partial charge in [-0.2, -0.15) is 0 Å². The lowest BCUT2D eigenvalue weighted by Crippen LogP contribution is -2.61. The van der Waals surface area contributed by atoms with Gasteiger partial charge >= 0.3 is 23.9 Å². The molecule has 0 aromatic heterocycles. The first-order valence-corrected chi connectivity index (χ1v) is 31.8. The molecule has 466 valence electrons.